The van der Waals surface area contributed by atoms with Gasteiger partial charge in [0.05, 0.1) is 5.56 Å². The van der Waals surface area contributed by atoms with E-state index in [9.17, 15) is 9.59 Å². The highest BCUT2D eigenvalue weighted by atomic mass is 16.5. The molecule has 0 atom stereocenters. The minimum Gasteiger partial charge on any atom is -0.452 e. The van der Waals surface area contributed by atoms with Crippen molar-refractivity contribution in [1.29, 1.82) is 0 Å². The van der Waals surface area contributed by atoms with Crippen LogP contribution in [0.2, 0.25) is 0 Å². The topological polar surface area (TPSA) is 60.3 Å². The summed E-state index contributed by atoms with van der Waals surface area (Å²) in [4.78, 5) is 23.9. The molecule has 1 heterocycles. The molecule has 0 saturated carbocycles. The fourth-order valence-electron chi connectivity index (χ4n) is 2.36. The van der Waals surface area contributed by atoms with Gasteiger partial charge in [0.2, 0.25) is 0 Å². The summed E-state index contributed by atoms with van der Waals surface area (Å²) in [5.41, 5.74) is 2.25. The molecule has 1 N–H and O–H groups in total. The molecule has 0 aliphatic heterocycles. The first-order chi connectivity index (χ1) is 12.2. The molecular weight excluding hydrogens is 316 g/mol. The van der Waals surface area contributed by atoms with Gasteiger partial charge in [0.15, 0.2) is 6.61 Å². The molecule has 3 rings (SSSR count). The van der Waals surface area contributed by atoms with Crippen molar-refractivity contribution < 1.29 is 14.3 Å². The molecule has 0 aliphatic carbocycles. The Morgan fingerprint density at radius 2 is 1.68 bits per heavy atom. The number of hydrogen-bond donors (Lipinski definition) is 1. The Morgan fingerprint density at radius 3 is 2.44 bits per heavy atom. The summed E-state index contributed by atoms with van der Waals surface area (Å²) in [5.74, 6) is -0.859. The number of amides is 1. The molecule has 0 saturated heterocycles. The quantitative estimate of drug-likeness (QED) is 0.705. The van der Waals surface area contributed by atoms with E-state index < -0.39 is 5.97 Å². The maximum absolute atomic E-state index is 12.1. The third kappa shape index (κ3) is 4.57. The van der Waals surface area contributed by atoms with Crippen LogP contribution in [0, 0.1) is 0 Å². The summed E-state index contributed by atoms with van der Waals surface area (Å²) >= 11 is 0. The summed E-state index contributed by atoms with van der Waals surface area (Å²) in [6.45, 7) is 0.0970. The zero-order chi connectivity index (χ0) is 17.5. The Hall–Kier alpha value is -3.34. The van der Waals surface area contributed by atoms with Gasteiger partial charge in [-0.3, -0.25) is 4.79 Å². The number of esters is 1. The fraction of sp³-hybridized carbons (Fsp3) is 0.100. The number of benzene rings is 2. The Bertz CT molecular complexity index is 842. The third-order valence-corrected chi connectivity index (χ3v) is 3.65. The van der Waals surface area contributed by atoms with Crippen LogP contribution in [0.4, 0.5) is 0 Å². The number of carbonyl (C=O) groups excluding carboxylic acids is 2. The second-order valence-electron chi connectivity index (χ2n) is 5.48. The number of rotatable bonds is 6. The fourth-order valence-corrected chi connectivity index (χ4v) is 2.36. The summed E-state index contributed by atoms with van der Waals surface area (Å²) in [6, 6.07) is 20.4. The molecule has 1 amide bonds. The van der Waals surface area contributed by atoms with Crippen molar-refractivity contribution in [3.63, 3.8) is 0 Å². The van der Waals surface area contributed by atoms with Crippen molar-refractivity contribution in [3.8, 4) is 5.69 Å². The normalized spacial score (nSPS) is 10.2. The van der Waals surface area contributed by atoms with Crippen LogP contribution in [0.3, 0.4) is 0 Å². The van der Waals surface area contributed by atoms with Crippen molar-refractivity contribution >= 4 is 11.9 Å². The molecule has 5 heteroatoms. The second-order valence-corrected chi connectivity index (χ2v) is 5.48. The number of aromatic nitrogens is 1. The average Bonchev–Trinajstić information content (AvgIpc) is 3.20. The molecule has 0 aliphatic rings. The lowest BCUT2D eigenvalue weighted by molar-refractivity contribution is -0.124. The molecule has 25 heavy (non-hydrogen) atoms. The zero-order valence-electron chi connectivity index (χ0n) is 13.6. The number of hydrogen-bond acceptors (Lipinski definition) is 3. The van der Waals surface area contributed by atoms with Gasteiger partial charge in [-0.25, -0.2) is 4.79 Å². The monoisotopic (exact) mass is 334 g/mol. The lowest BCUT2D eigenvalue weighted by atomic mass is 10.2. The lowest BCUT2D eigenvalue weighted by Crippen LogP contribution is -2.28. The molecule has 126 valence electrons. The standard InChI is InChI=1S/C20H18N2O3/c23-19(21-14-16-7-2-1-3-8-16)15-25-20(24)17-9-6-10-18(13-17)22-11-4-5-12-22/h1-13H,14-15H2,(H,21,23). The Balaban J connectivity index is 1.52. The van der Waals surface area contributed by atoms with E-state index in [-0.39, 0.29) is 12.5 Å². The number of carbonyl (C=O) groups is 2. The van der Waals surface area contributed by atoms with Crippen molar-refractivity contribution in [2.45, 2.75) is 6.54 Å². The number of nitrogens with one attached hydrogen (secondary N) is 1. The molecular formula is C20H18N2O3. The van der Waals surface area contributed by atoms with Gasteiger partial charge in [0.25, 0.3) is 5.91 Å². The minimum atomic E-state index is -0.524. The summed E-state index contributed by atoms with van der Waals surface area (Å²) in [5, 5.41) is 2.72. The molecule has 0 bridgehead atoms. The van der Waals surface area contributed by atoms with E-state index in [4.69, 9.17) is 4.74 Å². The van der Waals surface area contributed by atoms with Crippen molar-refractivity contribution in [1.82, 2.24) is 9.88 Å². The largest absolute Gasteiger partial charge is 0.452 e. The predicted molar refractivity (Wildman–Crippen MR) is 94.3 cm³/mol. The van der Waals surface area contributed by atoms with E-state index in [1.807, 2.05) is 65.5 Å². The average molecular weight is 334 g/mol. The molecule has 0 spiro atoms. The predicted octanol–water partition coefficient (Wildman–Crippen LogP) is 2.95. The van der Waals surface area contributed by atoms with Gasteiger partial charge in [0.1, 0.15) is 0 Å². The third-order valence-electron chi connectivity index (χ3n) is 3.65. The van der Waals surface area contributed by atoms with E-state index in [0.29, 0.717) is 12.1 Å². The lowest BCUT2D eigenvalue weighted by Gasteiger charge is -2.08. The van der Waals surface area contributed by atoms with E-state index in [1.165, 1.54) is 0 Å². The highest BCUT2D eigenvalue weighted by Crippen LogP contribution is 2.12. The highest BCUT2D eigenvalue weighted by molar-refractivity contribution is 5.91. The first-order valence-corrected chi connectivity index (χ1v) is 7.93. The second kappa shape index (κ2) is 7.97. The molecule has 3 aromatic rings. The molecule has 5 nitrogen and oxygen atoms in total. The van der Waals surface area contributed by atoms with Crippen LogP contribution in [-0.2, 0) is 16.1 Å². The van der Waals surface area contributed by atoms with Gasteiger partial charge in [-0.05, 0) is 35.9 Å². The van der Waals surface area contributed by atoms with Crippen LogP contribution in [0.1, 0.15) is 15.9 Å². The number of nitrogens with zero attached hydrogens (tertiary/aromatic N) is 1. The maximum Gasteiger partial charge on any atom is 0.338 e. The molecule has 0 fully saturated rings. The minimum absolute atomic E-state index is 0.306. The summed E-state index contributed by atoms with van der Waals surface area (Å²) < 4.78 is 6.98. The molecule has 0 radical (unpaired) electrons. The highest BCUT2D eigenvalue weighted by Gasteiger charge is 2.11. The van der Waals surface area contributed by atoms with E-state index in [0.717, 1.165) is 11.3 Å². The Labute approximate surface area is 145 Å². The van der Waals surface area contributed by atoms with Gasteiger partial charge in [0, 0.05) is 24.6 Å². The van der Waals surface area contributed by atoms with Gasteiger partial charge < -0.3 is 14.6 Å². The van der Waals surface area contributed by atoms with E-state index in [2.05, 4.69) is 5.32 Å². The van der Waals surface area contributed by atoms with Gasteiger partial charge in [-0.2, -0.15) is 0 Å². The smallest absolute Gasteiger partial charge is 0.338 e. The molecule has 2 aromatic carbocycles. The SMILES string of the molecule is O=C(COC(=O)c1cccc(-n2cccc2)c1)NCc1ccccc1. The van der Waals surface area contributed by atoms with Crippen LogP contribution < -0.4 is 5.32 Å². The molecule has 1 aromatic heterocycles. The van der Waals surface area contributed by atoms with E-state index >= 15 is 0 Å². The van der Waals surface area contributed by atoms with Gasteiger partial charge in [-0.15, -0.1) is 0 Å². The zero-order valence-corrected chi connectivity index (χ0v) is 13.6. The first-order valence-electron chi connectivity index (χ1n) is 7.93. The van der Waals surface area contributed by atoms with Crippen LogP contribution >= 0.6 is 0 Å². The summed E-state index contributed by atoms with van der Waals surface area (Å²) in [7, 11) is 0. The summed E-state index contributed by atoms with van der Waals surface area (Å²) in [6.07, 6.45) is 3.78. The van der Waals surface area contributed by atoms with Gasteiger partial charge >= 0.3 is 5.97 Å². The number of ether oxygens (including phenoxy) is 1. The van der Waals surface area contributed by atoms with Crippen molar-refractivity contribution in [3.05, 3.63) is 90.3 Å². The van der Waals surface area contributed by atoms with Crippen molar-refractivity contribution in [2.75, 3.05) is 6.61 Å². The van der Waals surface area contributed by atoms with Crippen molar-refractivity contribution in [2.24, 2.45) is 0 Å². The first kappa shape index (κ1) is 16.5. The maximum atomic E-state index is 12.1. The van der Waals surface area contributed by atoms with E-state index in [1.54, 1.807) is 18.2 Å². The van der Waals surface area contributed by atoms with Crippen LogP contribution in [0.15, 0.2) is 79.1 Å². The van der Waals surface area contributed by atoms with Crippen LogP contribution in [-0.4, -0.2) is 23.1 Å². The molecule has 0 unspecified atom stereocenters. The van der Waals surface area contributed by atoms with Gasteiger partial charge in [-0.1, -0.05) is 36.4 Å². The van der Waals surface area contributed by atoms with Crippen LogP contribution in [0.5, 0.6) is 0 Å². The Morgan fingerprint density at radius 1 is 0.920 bits per heavy atom. The Kier molecular flexibility index (Phi) is 5.26. The van der Waals surface area contributed by atoms with Crippen LogP contribution in [0.25, 0.3) is 5.69 Å².